The van der Waals surface area contributed by atoms with Gasteiger partial charge in [0.05, 0.1) is 0 Å². The molecule has 0 bridgehead atoms. The third-order valence-corrected chi connectivity index (χ3v) is 4.60. The molecule has 0 fully saturated rings. The van der Waals surface area contributed by atoms with Crippen LogP contribution >= 0.6 is 0 Å². The topological polar surface area (TPSA) is 46.3 Å². The zero-order valence-corrected chi connectivity index (χ0v) is 16.1. The van der Waals surface area contributed by atoms with Crippen molar-refractivity contribution >= 4 is 22.7 Å². The second-order valence-electron chi connectivity index (χ2n) is 6.95. The van der Waals surface area contributed by atoms with Gasteiger partial charge in [-0.15, -0.1) is 0 Å². The maximum Gasteiger partial charge on any atom is 0.471 e. The van der Waals surface area contributed by atoms with Crippen molar-refractivity contribution in [1.29, 1.82) is 0 Å². The van der Waals surface area contributed by atoms with Crippen LogP contribution < -0.4 is 4.90 Å². The lowest BCUT2D eigenvalue weighted by Gasteiger charge is -2.22. The average molecular weight is 390 g/mol. The summed E-state index contributed by atoms with van der Waals surface area (Å²) in [5.41, 5.74) is 3.61. The standard InChI is InChI=1S/C21H21F3N2O2/c1-5-26(20(27)21(22,23)24)16-10-13(4)18-17(11-16)25-19(28-18)15-8-6-14(7-9-15)12(2)3/h6-12H,5H2,1-4H3. The highest BCUT2D eigenvalue weighted by molar-refractivity contribution is 5.99. The molecule has 1 heterocycles. The van der Waals surface area contributed by atoms with E-state index in [1.54, 1.807) is 6.92 Å². The molecule has 7 heteroatoms. The maximum absolute atomic E-state index is 12.9. The monoisotopic (exact) mass is 390 g/mol. The van der Waals surface area contributed by atoms with Crippen molar-refractivity contribution in [2.24, 2.45) is 0 Å². The summed E-state index contributed by atoms with van der Waals surface area (Å²) in [6, 6.07) is 10.8. The van der Waals surface area contributed by atoms with Gasteiger partial charge in [0.1, 0.15) is 5.52 Å². The van der Waals surface area contributed by atoms with E-state index in [1.807, 2.05) is 24.3 Å². The summed E-state index contributed by atoms with van der Waals surface area (Å²) in [6.45, 7) is 7.30. The number of fused-ring (bicyclic) bond motifs is 1. The van der Waals surface area contributed by atoms with Gasteiger partial charge in [-0.2, -0.15) is 13.2 Å². The average Bonchev–Trinajstić information content (AvgIpc) is 3.06. The second-order valence-corrected chi connectivity index (χ2v) is 6.95. The Kier molecular flexibility index (Phi) is 5.19. The molecule has 4 nitrogen and oxygen atoms in total. The molecule has 0 unspecified atom stereocenters. The third-order valence-electron chi connectivity index (χ3n) is 4.60. The number of aryl methyl sites for hydroxylation is 1. The van der Waals surface area contributed by atoms with Crippen LogP contribution in [0.5, 0.6) is 0 Å². The van der Waals surface area contributed by atoms with Crippen molar-refractivity contribution in [2.75, 3.05) is 11.4 Å². The van der Waals surface area contributed by atoms with Crippen molar-refractivity contribution < 1.29 is 22.4 Å². The molecule has 3 aromatic rings. The number of aromatic nitrogens is 1. The molecule has 28 heavy (non-hydrogen) atoms. The molecule has 0 saturated heterocycles. The fraction of sp³-hybridized carbons (Fsp3) is 0.333. The van der Waals surface area contributed by atoms with Gasteiger partial charge in [0.2, 0.25) is 5.89 Å². The fourth-order valence-electron chi connectivity index (χ4n) is 3.07. The van der Waals surface area contributed by atoms with Gasteiger partial charge >= 0.3 is 12.1 Å². The molecule has 148 valence electrons. The smallest absolute Gasteiger partial charge is 0.436 e. The first-order chi connectivity index (χ1) is 13.1. The zero-order valence-electron chi connectivity index (χ0n) is 16.1. The Labute approximate surface area is 161 Å². The highest BCUT2D eigenvalue weighted by atomic mass is 19.4. The predicted octanol–water partition coefficient (Wildman–Crippen LogP) is 5.84. The molecule has 0 spiro atoms. The van der Waals surface area contributed by atoms with Gasteiger partial charge < -0.3 is 9.32 Å². The first-order valence-corrected chi connectivity index (χ1v) is 9.02. The molecule has 1 amide bonds. The lowest BCUT2D eigenvalue weighted by Crippen LogP contribution is -2.41. The van der Waals surface area contributed by atoms with Crippen LogP contribution in [0.25, 0.3) is 22.6 Å². The highest BCUT2D eigenvalue weighted by Crippen LogP contribution is 2.32. The number of oxazole rings is 1. The highest BCUT2D eigenvalue weighted by Gasteiger charge is 2.42. The zero-order chi connectivity index (χ0) is 20.6. The Morgan fingerprint density at radius 2 is 1.82 bits per heavy atom. The van der Waals surface area contributed by atoms with E-state index in [4.69, 9.17) is 4.42 Å². The Bertz CT molecular complexity index is 1000. The normalized spacial score (nSPS) is 12.0. The maximum atomic E-state index is 12.9. The fourth-order valence-corrected chi connectivity index (χ4v) is 3.07. The van der Waals surface area contributed by atoms with Gasteiger partial charge in [0.25, 0.3) is 0 Å². The summed E-state index contributed by atoms with van der Waals surface area (Å²) in [7, 11) is 0. The third kappa shape index (κ3) is 3.74. The number of rotatable bonds is 4. The number of hydrogen-bond donors (Lipinski definition) is 0. The van der Waals surface area contributed by atoms with Crippen molar-refractivity contribution in [2.45, 2.75) is 39.8 Å². The number of nitrogens with zero attached hydrogens (tertiary/aromatic N) is 2. The molecule has 2 aromatic carbocycles. The lowest BCUT2D eigenvalue weighted by molar-refractivity contribution is -0.170. The Hall–Kier alpha value is -2.83. The minimum Gasteiger partial charge on any atom is -0.436 e. The molecular weight excluding hydrogens is 369 g/mol. The number of halogens is 3. The molecule has 0 saturated carbocycles. The van der Waals surface area contributed by atoms with Crippen LogP contribution in [-0.2, 0) is 4.79 Å². The summed E-state index contributed by atoms with van der Waals surface area (Å²) in [5, 5.41) is 0. The number of anilines is 1. The van der Waals surface area contributed by atoms with Gasteiger partial charge in [-0.25, -0.2) is 4.98 Å². The van der Waals surface area contributed by atoms with Crippen LogP contribution in [0.2, 0.25) is 0 Å². The summed E-state index contributed by atoms with van der Waals surface area (Å²) in [6.07, 6.45) is -4.94. The van der Waals surface area contributed by atoms with E-state index >= 15 is 0 Å². The number of benzene rings is 2. The van der Waals surface area contributed by atoms with E-state index in [-0.39, 0.29) is 12.2 Å². The molecule has 0 aliphatic rings. The van der Waals surface area contributed by atoms with E-state index < -0.39 is 12.1 Å². The largest absolute Gasteiger partial charge is 0.471 e. The molecule has 3 rings (SSSR count). The van der Waals surface area contributed by atoms with E-state index in [1.165, 1.54) is 24.6 Å². The van der Waals surface area contributed by atoms with Crippen LogP contribution in [0, 0.1) is 6.92 Å². The van der Waals surface area contributed by atoms with E-state index in [9.17, 15) is 18.0 Å². The minimum atomic E-state index is -4.94. The summed E-state index contributed by atoms with van der Waals surface area (Å²) < 4.78 is 44.5. The molecule has 1 aromatic heterocycles. The van der Waals surface area contributed by atoms with Crippen molar-refractivity contribution in [3.05, 3.63) is 47.5 Å². The van der Waals surface area contributed by atoms with Crippen LogP contribution in [0.3, 0.4) is 0 Å². The molecule has 0 aliphatic heterocycles. The summed E-state index contributed by atoms with van der Waals surface area (Å²) in [4.78, 5) is 16.8. The van der Waals surface area contributed by atoms with Crippen molar-refractivity contribution in [3.63, 3.8) is 0 Å². The number of amides is 1. The van der Waals surface area contributed by atoms with Crippen molar-refractivity contribution in [3.8, 4) is 11.5 Å². The first kappa shape index (κ1) is 19.9. The molecule has 0 atom stereocenters. The predicted molar refractivity (Wildman–Crippen MR) is 102 cm³/mol. The Balaban J connectivity index is 2.03. The molecule has 0 aliphatic carbocycles. The van der Waals surface area contributed by atoms with E-state index in [0.29, 0.717) is 33.4 Å². The number of carbonyl (C=O) groups excluding carboxylic acids is 1. The Morgan fingerprint density at radius 1 is 1.18 bits per heavy atom. The minimum absolute atomic E-state index is 0.106. The van der Waals surface area contributed by atoms with Crippen LogP contribution in [-0.4, -0.2) is 23.6 Å². The SMILES string of the molecule is CCN(C(=O)C(F)(F)F)c1cc(C)c2oc(-c3ccc(C(C)C)cc3)nc2c1. The van der Waals surface area contributed by atoms with Gasteiger partial charge in [-0.05, 0) is 55.2 Å². The summed E-state index contributed by atoms with van der Waals surface area (Å²) >= 11 is 0. The number of carbonyl (C=O) groups is 1. The molecule has 0 N–H and O–H groups in total. The second kappa shape index (κ2) is 7.30. The Morgan fingerprint density at radius 3 is 2.36 bits per heavy atom. The van der Waals surface area contributed by atoms with Gasteiger partial charge in [-0.1, -0.05) is 26.0 Å². The van der Waals surface area contributed by atoms with Crippen LogP contribution in [0.15, 0.2) is 40.8 Å². The van der Waals surface area contributed by atoms with Crippen molar-refractivity contribution in [1.82, 2.24) is 4.98 Å². The number of hydrogen-bond acceptors (Lipinski definition) is 3. The van der Waals surface area contributed by atoms with Crippen LogP contribution in [0.4, 0.5) is 18.9 Å². The lowest BCUT2D eigenvalue weighted by atomic mass is 10.0. The first-order valence-electron chi connectivity index (χ1n) is 9.02. The molecular formula is C21H21F3N2O2. The van der Waals surface area contributed by atoms with Gasteiger partial charge in [0, 0.05) is 17.8 Å². The quantitative estimate of drug-likeness (QED) is 0.562. The van der Waals surface area contributed by atoms with Crippen LogP contribution in [0.1, 0.15) is 37.8 Å². The molecule has 0 radical (unpaired) electrons. The van der Waals surface area contributed by atoms with E-state index in [2.05, 4.69) is 18.8 Å². The summed E-state index contributed by atoms with van der Waals surface area (Å²) in [5.74, 6) is -1.12. The van der Waals surface area contributed by atoms with E-state index in [0.717, 1.165) is 5.56 Å². The number of alkyl halides is 3. The van der Waals surface area contributed by atoms with Gasteiger partial charge in [0.15, 0.2) is 5.58 Å². The van der Waals surface area contributed by atoms with Gasteiger partial charge in [-0.3, -0.25) is 4.79 Å².